The van der Waals surface area contributed by atoms with Crippen LogP contribution in [0.3, 0.4) is 0 Å². The largest absolute Gasteiger partial charge is 0.308 e. The van der Waals surface area contributed by atoms with E-state index in [0.29, 0.717) is 11.1 Å². The van der Waals surface area contributed by atoms with Crippen LogP contribution in [-0.2, 0) is 0 Å². The van der Waals surface area contributed by atoms with E-state index >= 15 is 0 Å². The molecule has 0 N–H and O–H groups in total. The van der Waals surface area contributed by atoms with E-state index in [0.717, 1.165) is 77.2 Å². The molecular weight excluding hydrogens is 585 g/mol. The summed E-state index contributed by atoms with van der Waals surface area (Å²) in [6, 6.07) is 58.9. The lowest BCUT2D eigenvalue weighted by Gasteiger charge is -2.16. The highest BCUT2D eigenvalue weighted by Gasteiger charge is 2.19. The summed E-state index contributed by atoms with van der Waals surface area (Å²) in [6.07, 6.45) is 0. The first-order valence-electron chi connectivity index (χ1n) is 15.9. The molecule has 0 aliphatic rings. The summed E-state index contributed by atoms with van der Waals surface area (Å²) in [6.45, 7) is 0. The quantitative estimate of drug-likeness (QED) is 0.199. The van der Waals surface area contributed by atoms with Crippen LogP contribution in [0.15, 0.2) is 158 Å². The van der Waals surface area contributed by atoms with Gasteiger partial charge in [0.2, 0.25) is 0 Å². The van der Waals surface area contributed by atoms with Crippen LogP contribution in [0.1, 0.15) is 11.1 Å². The van der Waals surface area contributed by atoms with Crippen LogP contribution < -0.4 is 0 Å². The number of hydrogen-bond acceptors (Lipinski definition) is 2. The first kappa shape index (κ1) is 27.4. The standard InChI is InChI=1S/C44H26N4/c45-27-32-24-23-30(26-43(32)47-40-20-6-2-15-35(40)36-16-3-7-21-41(36)47)29-11-9-12-31(25-29)34-14-1-5-19-39(34)48-42-22-8-4-17-37(42)38-18-10-13-33(28-46)44(38)48/h1-26H. The minimum Gasteiger partial charge on any atom is -0.308 e. The second-order valence-corrected chi connectivity index (χ2v) is 12.0. The van der Waals surface area contributed by atoms with Crippen molar-refractivity contribution in [2.45, 2.75) is 0 Å². The van der Waals surface area contributed by atoms with Crippen LogP contribution in [-0.4, -0.2) is 9.13 Å². The number of fused-ring (bicyclic) bond motifs is 6. The van der Waals surface area contributed by atoms with Gasteiger partial charge in [0.25, 0.3) is 0 Å². The summed E-state index contributed by atoms with van der Waals surface area (Å²) in [4.78, 5) is 0. The van der Waals surface area contributed by atoms with Crippen molar-refractivity contribution in [2.75, 3.05) is 0 Å². The smallest absolute Gasteiger partial charge is 0.101 e. The van der Waals surface area contributed by atoms with Gasteiger partial charge in [0.15, 0.2) is 0 Å². The van der Waals surface area contributed by atoms with Crippen LogP contribution in [0, 0.1) is 22.7 Å². The molecule has 9 rings (SSSR count). The lowest BCUT2D eigenvalue weighted by atomic mass is 9.96. The van der Waals surface area contributed by atoms with Gasteiger partial charge in [0.1, 0.15) is 12.1 Å². The van der Waals surface area contributed by atoms with Crippen LogP contribution in [0.2, 0.25) is 0 Å². The van der Waals surface area contributed by atoms with E-state index in [2.05, 4.69) is 130 Å². The van der Waals surface area contributed by atoms with E-state index in [9.17, 15) is 10.5 Å². The molecule has 4 heteroatoms. The number of nitriles is 2. The third-order valence-corrected chi connectivity index (χ3v) is 9.41. The van der Waals surface area contributed by atoms with Crippen LogP contribution in [0.4, 0.5) is 0 Å². The molecule has 0 spiro atoms. The van der Waals surface area contributed by atoms with Crippen molar-refractivity contribution in [3.8, 4) is 45.8 Å². The summed E-state index contributed by atoms with van der Waals surface area (Å²) in [5.74, 6) is 0. The molecule has 2 aromatic heterocycles. The normalized spacial score (nSPS) is 11.3. The summed E-state index contributed by atoms with van der Waals surface area (Å²) >= 11 is 0. The molecule has 0 saturated carbocycles. The van der Waals surface area contributed by atoms with Crippen molar-refractivity contribution in [3.63, 3.8) is 0 Å². The van der Waals surface area contributed by atoms with Gasteiger partial charge in [0.05, 0.1) is 44.6 Å². The average molecular weight is 611 g/mol. The Morgan fingerprint density at radius 2 is 0.917 bits per heavy atom. The van der Waals surface area contributed by atoms with E-state index in [1.165, 1.54) is 0 Å². The zero-order valence-corrected chi connectivity index (χ0v) is 25.8. The molecule has 7 aromatic carbocycles. The van der Waals surface area contributed by atoms with Crippen molar-refractivity contribution >= 4 is 43.6 Å². The fourth-order valence-electron chi connectivity index (χ4n) is 7.31. The number of rotatable bonds is 4. The Balaban J connectivity index is 1.24. The molecule has 0 aliphatic carbocycles. The van der Waals surface area contributed by atoms with Crippen molar-refractivity contribution in [3.05, 3.63) is 169 Å². The molecule has 48 heavy (non-hydrogen) atoms. The second kappa shape index (κ2) is 10.9. The van der Waals surface area contributed by atoms with Crippen molar-refractivity contribution < 1.29 is 0 Å². The predicted molar refractivity (Wildman–Crippen MR) is 195 cm³/mol. The minimum atomic E-state index is 0.617. The maximum Gasteiger partial charge on any atom is 0.101 e. The Kier molecular flexibility index (Phi) is 6.22. The first-order chi connectivity index (χ1) is 23.7. The van der Waals surface area contributed by atoms with Gasteiger partial charge >= 0.3 is 0 Å². The van der Waals surface area contributed by atoms with Crippen LogP contribution in [0.25, 0.3) is 77.2 Å². The molecule has 4 nitrogen and oxygen atoms in total. The fourth-order valence-corrected chi connectivity index (χ4v) is 7.31. The van der Waals surface area contributed by atoms with E-state index in [4.69, 9.17) is 0 Å². The van der Waals surface area contributed by atoms with Gasteiger partial charge in [0, 0.05) is 27.1 Å². The van der Waals surface area contributed by atoms with Gasteiger partial charge in [-0.1, -0.05) is 109 Å². The number of benzene rings is 7. The Bertz CT molecular complexity index is 2760. The lowest BCUT2D eigenvalue weighted by molar-refractivity contribution is 1.17. The molecule has 0 fully saturated rings. The SMILES string of the molecule is N#Cc1ccc(-c2cccc(-c3ccccc3-n3c4ccccc4c4cccc(C#N)c43)c2)cc1-n1c2ccccc2c2ccccc21. The Labute approximate surface area is 277 Å². The van der Waals surface area contributed by atoms with Crippen molar-refractivity contribution in [1.82, 2.24) is 9.13 Å². The van der Waals surface area contributed by atoms with Crippen molar-refractivity contribution in [2.24, 2.45) is 0 Å². The molecule has 0 aliphatic heterocycles. The predicted octanol–water partition coefficient (Wildman–Crippen LogP) is 11.0. The monoisotopic (exact) mass is 610 g/mol. The molecule has 0 saturated heterocycles. The molecule has 0 atom stereocenters. The van der Waals surface area contributed by atoms with Gasteiger partial charge in [-0.05, 0) is 65.2 Å². The summed E-state index contributed by atoms with van der Waals surface area (Å²) in [5, 5.41) is 24.9. The van der Waals surface area contributed by atoms with Gasteiger partial charge in [-0.25, -0.2) is 0 Å². The highest BCUT2D eigenvalue weighted by molar-refractivity contribution is 6.12. The van der Waals surface area contributed by atoms with E-state index in [-0.39, 0.29) is 0 Å². The third-order valence-electron chi connectivity index (χ3n) is 9.41. The van der Waals surface area contributed by atoms with Crippen LogP contribution >= 0.6 is 0 Å². The maximum atomic E-state index is 10.2. The topological polar surface area (TPSA) is 57.4 Å². The molecule has 0 bridgehead atoms. The number of nitrogens with zero attached hydrogens (tertiary/aromatic N) is 4. The van der Waals surface area contributed by atoms with E-state index in [1.807, 2.05) is 48.5 Å². The van der Waals surface area contributed by atoms with Crippen molar-refractivity contribution in [1.29, 1.82) is 10.5 Å². The molecule has 222 valence electrons. The van der Waals surface area contributed by atoms with Gasteiger partial charge in [-0.15, -0.1) is 0 Å². The molecule has 0 radical (unpaired) electrons. The van der Waals surface area contributed by atoms with Gasteiger partial charge in [-0.3, -0.25) is 0 Å². The first-order valence-corrected chi connectivity index (χ1v) is 15.9. The highest BCUT2D eigenvalue weighted by Crippen LogP contribution is 2.39. The average Bonchev–Trinajstić information content (AvgIpc) is 3.68. The second-order valence-electron chi connectivity index (χ2n) is 12.0. The Morgan fingerprint density at radius 1 is 0.375 bits per heavy atom. The Hall–Kier alpha value is -6.88. The maximum absolute atomic E-state index is 10.2. The summed E-state index contributed by atoms with van der Waals surface area (Å²) < 4.78 is 4.44. The number of hydrogen-bond donors (Lipinski definition) is 0. The molecule has 0 unspecified atom stereocenters. The fraction of sp³-hybridized carbons (Fsp3) is 0. The van der Waals surface area contributed by atoms with Gasteiger partial charge < -0.3 is 9.13 Å². The summed E-state index contributed by atoms with van der Waals surface area (Å²) in [5.41, 5.74) is 11.4. The Morgan fingerprint density at radius 3 is 1.62 bits per heavy atom. The van der Waals surface area contributed by atoms with E-state index in [1.54, 1.807) is 0 Å². The highest BCUT2D eigenvalue weighted by atomic mass is 15.0. The molecular formula is C44H26N4. The zero-order valence-electron chi connectivity index (χ0n) is 25.8. The molecule has 9 aromatic rings. The number of para-hydroxylation sites is 5. The number of aromatic nitrogens is 2. The summed E-state index contributed by atoms with van der Waals surface area (Å²) in [7, 11) is 0. The molecule has 2 heterocycles. The third kappa shape index (κ3) is 4.07. The molecule has 0 amide bonds. The van der Waals surface area contributed by atoms with Gasteiger partial charge in [-0.2, -0.15) is 10.5 Å². The zero-order chi connectivity index (χ0) is 32.2. The van der Waals surface area contributed by atoms with E-state index < -0.39 is 0 Å². The minimum absolute atomic E-state index is 0.617. The van der Waals surface area contributed by atoms with Crippen LogP contribution in [0.5, 0.6) is 0 Å². The lowest BCUT2D eigenvalue weighted by Crippen LogP contribution is -1.99.